The molecule has 0 bridgehead atoms. The first-order chi connectivity index (χ1) is 10.1. The van der Waals surface area contributed by atoms with Crippen molar-refractivity contribution in [2.75, 3.05) is 0 Å². The minimum atomic E-state index is -0.0160. The summed E-state index contributed by atoms with van der Waals surface area (Å²) in [4.78, 5) is 11.3. The lowest BCUT2D eigenvalue weighted by molar-refractivity contribution is -0.121. The second-order valence-electron chi connectivity index (χ2n) is 5.22. The number of halogens is 1. The van der Waals surface area contributed by atoms with Gasteiger partial charge in [0.25, 0.3) is 0 Å². The van der Waals surface area contributed by atoms with Crippen molar-refractivity contribution >= 4 is 27.5 Å². The van der Waals surface area contributed by atoms with Crippen molar-refractivity contribution in [1.82, 2.24) is 5.43 Å². The van der Waals surface area contributed by atoms with Crippen molar-refractivity contribution in [3.8, 4) is 11.1 Å². The molecule has 106 valence electrons. The lowest BCUT2D eigenvalue weighted by Crippen LogP contribution is -2.31. The van der Waals surface area contributed by atoms with E-state index in [1.165, 1.54) is 11.1 Å². The number of benzene rings is 2. The zero-order chi connectivity index (χ0) is 14.8. The van der Waals surface area contributed by atoms with E-state index in [2.05, 4.69) is 62.9 Å². The molecule has 1 amide bonds. The van der Waals surface area contributed by atoms with Gasteiger partial charge < -0.3 is 0 Å². The molecule has 2 aromatic carbocycles. The SMILES string of the molecule is CC1CC(=O)NN=C1c1ccc(-c2ccc(Br)cc2)cc1. The first-order valence-electron chi connectivity index (χ1n) is 6.86. The van der Waals surface area contributed by atoms with Gasteiger partial charge >= 0.3 is 0 Å². The Morgan fingerprint density at radius 1 is 1.00 bits per heavy atom. The fourth-order valence-corrected chi connectivity index (χ4v) is 2.74. The highest BCUT2D eigenvalue weighted by Crippen LogP contribution is 2.24. The molecule has 21 heavy (non-hydrogen) atoms. The number of carbonyl (C=O) groups is 1. The predicted molar refractivity (Wildman–Crippen MR) is 88.0 cm³/mol. The van der Waals surface area contributed by atoms with Gasteiger partial charge in [0.1, 0.15) is 0 Å². The highest BCUT2D eigenvalue weighted by molar-refractivity contribution is 9.10. The quantitative estimate of drug-likeness (QED) is 0.881. The molecule has 3 nitrogen and oxygen atoms in total. The summed E-state index contributed by atoms with van der Waals surface area (Å²) in [6.07, 6.45) is 0.493. The number of hydrogen-bond acceptors (Lipinski definition) is 2. The maximum atomic E-state index is 11.3. The Bertz CT molecular complexity index is 690. The van der Waals surface area contributed by atoms with E-state index in [0.29, 0.717) is 6.42 Å². The molecule has 0 radical (unpaired) electrons. The molecule has 1 N–H and O–H groups in total. The molecule has 2 aromatic rings. The van der Waals surface area contributed by atoms with E-state index in [1.807, 2.05) is 19.1 Å². The standard InChI is InChI=1S/C17H15BrN2O/c1-11-10-16(21)19-20-17(11)14-4-2-12(3-5-14)13-6-8-15(18)9-7-13/h2-9,11H,10H2,1H3,(H,19,21). The van der Waals surface area contributed by atoms with Gasteiger partial charge in [-0.05, 0) is 28.8 Å². The van der Waals surface area contributed by atoms with Crippen LogP contribution in [-0.2, 0) is 4.79 Å². The summed E-state index contributed by atoms with van der Waals surface area (Å²) in [7, 11) is 0. The Labute approximate surface area is 132 Å². The number of carbonyl (C=O) groups excluding carboxylic acids is 1. The van der Waals surface area contributed by atoms with E-state index in [9.17, 15) is 4.79 Å². The molecular weight excluding hydrogens is 328 g/mol. The van der Waals surface area contributed by atoms with Gasteiger partial charge in [0, 0.05) is 16.8 Å². The van der Waals surface area contributed by atoms with Crippen LogP contribution in [0, 0.1) is 5.92 Å². The minimum absolute atomic E-state index is 0.0160. The van der Waals surface area contributed by atoms with E-state index < -0.39 is 0 Å². The predicted octanol–water partition coefficient (Wildman–Crippen LogP) is 3.98. The fraction of sp³-hybridized carbons (Fsp3) is 0.176. The van der Waals surface area contributed by atoms with Crippen LogP contribution in [-0.4, -0.2) is 11.6 Å². The summed E-state index contributed by atoms with van der Waals surface area (Å²) in [6.45, 7) is 2.03. The minimum Gasteiger partial charge on any atom is -0.273 e. The summed E-state index contributed by atoms with van der Waals surface area (Å²) in [5.41, 5.74) is 6.90. The molecule has 0 aliphatic carbocycles. The summed E-state index contributed by atoms with van der Waals surface area (Å²) >= 11 is 3.44. The van der Waals surface area contributed by atoms with Gasteiger partial charge in [0.15, 0.2) is 0 Å². The molecule has 1 aliphatic heterocycles. The first kappa shape index (κ1) is 14.0. The zero-order valence-electron chi connectivity index (χ0n) is 11.6. The van der Waals surface area contributed by atoms with Crippen LogP contribution in [0.3, 0.4) is 0 Å². The van der Waals surface area contributed by atoms with E-state index >= 15 is 0 Å². The maximum Gasteiger partial charge on any atom is 0.240 e. The summed E-state index contributed by atoms with van der Waals surface area (Å²) < 4.78 is 1.07. The molecule has 1 unspecified atom stereocenters. The van der Waals surface area contributed by atoms with Crippen LogP contribution in [0.5, 0.6) is 0 Å². The van der Waals surface area contributed by atoms with Gasteiger partial charge in [-0.3, -0.25) is 4.79 Å². The second kappa shape index (κ2) is 5.82. The Balaban J connectivity index is 1.87. The summed E-state index contributed by atoms with van der Waals surface area (Å²) in [6, 6.07) is 16.5. The fourth-order valence-electron chi connectivity index (χ4n) is 2.48. The van der Waals surface area contributed by atoms with Crippen molar-refractivity contribution in [2.24, 2.45) is 11.0 Å². The third kappa shape index (κ3) is 3.05. The molecular formula is C17H15BrN2O. The third-order valence-corrected chi connectivity index (χ3v) is 4.15. The first-order valence-corrected chi connectivity index (χ1v) is 7.65. The van der Waals surface area contributed by atoms with Crippen LogP contribution < -0.4 is 5.43 Å². The highest BCUT2D eigenvalue weighted by Gasteiger charge is 2.21. The number of hydrazone groups is 1. The smallest absolute Gasteiger partial charge is 0.240 e. The lowest BCUT2D eigenvalue weighted by atomic mass is 9.93. The van der Waals surface area contributed by atoms with Crippen LogP contribution in [0.4, 0.5) is 0 Å². The van der Waals surface area contributed by atoms with E-state index in [-0.39, 0.29) is 11.8 Å². The van der Waals surface area contributed by atoms with Crippen LogP contribution >= 0.6 is 15.9 Å². The Kier molecular flexibility index (Phi) is 3.88. The van der Waals surface area contributed by atoms with Gasteiger partial charge in [-0.2, -0.15) is 5.10 Å². The average Bonchev–Trinajstić information content (AvgIpc) is 2.48. The Morgan fingerprint density at radius 2 is 1.52 bits per heavy atom. The van der Waals surface area contributed by atoms with Gasteiger partial charge in [0.05, 0.1) is 5.71 Å². The van der Waals surface area contributed by atoms with Crippen LogP contribution in [0.1, 0.15) is 18.9 Å². The van der Waals surface area contributed by atoms with Gasteiger partial charge in [-0.25, -0.2) is 5.43 Å². The highest BCUT2D eigenvalue weighted by atomic mass is 79.9. The molecule has 0 aromatic heterocycles. The third-order valence-electron chi connectivity index (χ3n) is 3.62. The van der Waals surface area contributed by atoms with Crippen molar-refractivity contribution in [2.45, 2.75) is 13.3 Å². The number of rotatable bonds is 2. The number of hydrogen-bond donors (Lipinski definition) is 1. The largest absolute Gasteiger partial charge is 0.273 e. The van der Waals surface area contributed by atoms with E-state index in [0.717, 1.165) is 15.7 Å². The normalized spacial score (nSPS) is 18.1. The molecule has 0 fully saturated rings. The Morgan fingerprint density at radius 3 is 2.10 bits per heavy atom. The van der Waals surface area contributed by atoms with E-state index in [4.69, 9.17) is 0 Å². The lowest BCUT2D eigenvalue weighted by Gasteiger charge is -2.19. The number of amides is 1. The van der Waals surface area contributed by atoms with Crippen molar-refractivity contribution in [3.05, 3.63) is 58.6 Å². The molecule has 0 saturated heterocycles. The second-order valence-corrected chi connectivity index (χ2v) is 6.14. The van der Waals surface area contributed by atoms with Crippen LogP contribution in [0.25, 0.3) is 11.1 Å². The van der Waals surface area contributed by atoms with Gasteiger partial charge in [0.2, 0.25) is 5.91 Å². The molecule has 0 spiro atoms. The molecule has 0 saturated carbocycles. The number of nitrogens with zero attached hydrogens (tertiary/aromatic N) is 1. The topological polar surface area (TPSA) is 41.5 Å². The van der Waals surface area contributed by atoms with Crippen LogP contribution in [0.15, 0.2) is 58.1 Å². The maximum absolute atomic E-state index is 11.3. The van der Waals surface area contributed by atoms with Crippen molar-refractivity contribution < 1.29 is 4.79 Å². The summed E-state index contributed by atoms with van der Waals surface area (Å²) in [5.74, 6) is 0.134. The Hall–Kier alpha value is -1.94. The zero-order valence-corrected chi connectivity index (χ0v) is 13.2. The van der Waals surface area contributed by atoms with E-state index in [1.54, 1.807) is 0 Å². The monoisotopic (exact) mass is 342 g/mol. The average molecular weight is 343 g/mol. The number of nitrogens with one attached hydrogen (secondary N) is 1. The molecule has 1 atom stereocenters. The molecule has 1 heterocycles. The van der Waals surface area contributed by atoms with Crippen molar-refractivity contribution in [1.29, 1.82) is 0 Å². The van der Waals surface area contributed by atoms with Crippen molar-refractivity contribution in [3.63, 3.8) is 0 Å². The van der Waals surface area contributed by atoms with Gasteiger partial charge in [-0.1, -0.05) is 59.3 Å². The molecule has 3 rings (SSSR count). The van der Waals surface area contributed by atoms with Crippen LogP contribution in [0.2, 0.25) is 0 Å². The van der Waals surface area contributed by atoms with Gasteiger partial charge in [-0.15, -0.1) is 0 Å². The molecule has 4 heteroatoms. The molecule has 1 aliphatic rings. The summed E-state index contributed by atoms with van der Waals surface area (Å²) in [5, 5.41) is 4.19.